The van der Waals surface area contributed by atoms with E-state index in [0.29, 0.717) is 19.3 Å². The summed E-state index contributed by atoms with van der Waals surface area (Å²) in [6.45, 7) is 4.56. The van der Waals surface area contributed by atoms with Crippen molar-refractivity contribution in [3.63, 3.8) is 0 Å². The molecule has 0 aliphatic carbocycles. The summed E-state index contributed by atoms with van der Waals surface area (Å²) in [5, 5.41) is 9.63. The number of ether oxygens (including phenoxy) is 3. The van der Waals surface area contributed by atoms with Gasteiger partial charge in [0.15, 0.2) is 12.1 Å². The average molecular weight is 829 g/mol. The summed E-state index contributed by atoms with van der Waals surface area (Å²) in [6, 6.07) is -0.624. The first-order valence-electron chi connectivity index (χ1n) is 23.9. The first-order valence-corrected chi connectivity index (χ1v) is 23.9. The van der Waals surface area contributed by atoms with Gasteiger partial charge in [-0.05, 0) is 32.1 Å². The van der Waals surface area contributed by atoms with Crippen molar-refractivity contribution in [1.29, 1.82) is 0 Å². The topological polar surface area (TPSA) is 99.1 Å². The summed E-state index contributed by atoms with van der Waals surface area (Å²) < 4.78 is 17.3. The van der Waals surface area contributed by atoms with Gasteiger partial charge in [0.25, 0.3) is 0 Å². The highest BCUT2D eigenvalue weighted by Crippen LogP contribution is 2.16. The van der Waals surface area contributed by atoms with Gasteiger partial charge in [0.05, 0.1) is 34.4 Å². The third kappa shape index (κ3) is 40.2. The molecule has 0 saturated heterocycles. The van der Waals surface area contributed by atoms with E-state index < -0.39 is 18.1 Å². The van der Waals surface area contributed by atoms with Crippen LogP contribution < -0.4 is 0 Å². The highest BCUT2D eigenvalue weighted by molar-refractivity contribution is 5.72. The summed E-state index contributed by atoms with van der Waals surface area (Å²) in [6.07, 6.45) is 51.3. The highest BCUT2D eigenvalue weighted by atomic mass is 16.6. The lowest BCUT2D eigenvalue weighted by molar-refractivity contribution is -0.887. The van der Waals surface area contributed by atoms with Crippen molar-refractivity contribution in [3.05, 3.63) is 60.8 Å². The fraction of sp³-hybridized carbons (Fsp3) is 0.745. The maximum atomic E-state index is 12.7. The zero-order valence-electron chi connectivity index (χ0n) is 38.7. The van der Waals surface area contributed by atoms with Gasteiger partial charge in [-0.2, -0.15) is 0 Å². The number of hydrogen-bond donors (Lipinski definition) is 1. The first kappa shape index (κ1) is 56.0. The Morgan fingerprint density at radius 1 is 0.525 bits per heavy atom. The van der Waals surface area contributed by atoms with Crippen LogP contribution >= 0.6 is 0 Å². The lowest BCUT2D eigenvalue weighted by atomic mass is 10.0. The van der Waals surface area contributed by atoms with Crippen LogP contribution in [0.25, 0.3) is 0 Å². The SMILES string of the molecule is CC/C=C/C=C/C=C/C=C/C=C/CCCCCC(=O)OC(COCCC(C(=O)O)[N+](C)(C)C)COC(=O)CCCCCCCCCCCCCCCCCCCCCC. The summed E-state index contributed by atoms with van der Waals surface area (Å²) in [4.78, 5) is 37.0. The molecule has 0 aliphatic rings. The van der Waals surface area contributed by atoms with Gasteiger partial charge < -0.3 is 23.8 Å². The monoisotopic (exact) mass is 829 g/mol. The van der Waals surface area contributed by atoms with Gasteiger partial charge >= 0.3 is 17.9 Å². The smallest absolute Gasteiger partial charge is 0.362 e. The number of allylic oxidation sites excluding steroid dienone is 10. The van der Waals surface area contributed by atoms with E-state index in [2.05, 4.69) is 26.0 Å². The van der Waals surface area contributed by atoms with E-state index in [1.165, 1.54) is 109 Å². The second-order valence-corrected chi connectivity index (χ2v) is 17.1. The van der Waals surface area contributed by atoms with Crippen molar-refractivity contribution in [1.82, 2.24) is 0 Å². The van der Waals surface area contributed by atoms with Gasteiger partial charge in [0, 0.05) is 19.3 Å². The molecule has 0 aromatic rings. The molecular formula is C51H90NO7+. The van der Waals surface area contributed by atoms with Gasteiger partial charge in [-0.3, -0.25) is 9.59 Å². The Labute approximate surface area is 362 Å². The van der Waals surface area contributed by atoms with Gasteiger partial charge in [-0.25, -0.2) is 4.79 Å². The van der Waals surface area contributed by atoms with Crippen molar-refractivity contribution in [2.75, 3.05) is 41.0 Å². The second-order valence-electron chi connectivity index (χ2n) is 17.1. The molecule has 0 fully saturated rings. The predicted octanol–water partition coefficient (Wildman–Crippen LogP) is 13.4. The molecule has 0 heterocycles. The van der Waals surface area contributed by atoms with Crippen molar-refractivity contribution in [3.8, 4) is 0 Å². The first-order chi connectivity index (χ1) is 28.6. The normalized spacial score (nSPS) is 13.4. The molecule has 0 aliphatic heterocycles. The van der Waals surface area contributed by atoms with Crippen LogP contribution in [-0.2, 0) is 28.6 Å². The quantitative estimate of drug-likeness (QED) is 0.0283. The molecule has 2 unspecified atom stereocenters. The lowest BCUT2D eigenvalue weighted by Gasteiger charge is -2.31. The van der Waals surface area contributed by atoms with E-state index in [9.17, 15) is 19.5 Å². The third-order valence-electron chi connectivity index (χ3n) is 10.6. The summed E-state index contributed by atoms with van der Waals surface area (Å²) >= 11 is 0. The van der Waals surface area contributed by atoms with E-state index in [0.717, 1.165) is 44.9 Å². The van der Waals surface area contributed by atoms with Crippen LogP contribution in [0.2, 0.25) is 0 Å². The van der Waals surface area contributed by atoms with Gasteiger partial charge in [-0.1, -0.05) is 203 Å². The Hall–Kier alpha value is -2.97. The van der Waals surface area contributed by atoms with Crippen molar-refractivity contribution in [2.45, 2.75) is 206 Å². The van der Waals surface area contributed by atoms with E-state index in [1.807, 2.05) is 69.8 Å². The van der Waals surface area contributed by atoms with Crippen LogP contribution in [0.4, 0.5) is 0 Å². The number of unbranched alkanes of at least 4 members (excludes halogenated alkanes) is 22. The van der Waals surface area contributed by atoms with Crippen molar-refractivity contribution in [2.24, 2.45) is 0 Å². The molecule has 340 valence electrons. The minimum absolute atomic E-state index is 0.0432. The number of carbonyl (C=O) groups excluding carboxylic acids is 2. The van der Waals surface area contributed by atoms with E-state index in [-0.39, 0.29) is 42.7 Å². The molecule has 0 amide bonds. The minimum Gasteiger partial charge on any atom is -0.477 e. The number of rotatable bonds is 42. The Kier molecular flexibility index (Phi) is 39.6. The van der Waals surface area contributed by atoms with Gasteiger partial charge in [0.1, 0.15) is 6.61 Å². The number of aliphatic carboxylic acids is 1. The summed E-state index contributed by atoms with van der Waals surface area (Å²) in [5.41, 5.74) is 0. The Balaban J connectivity index is 4.31. The molecule has 0 bridgehead atoms. The zero-order chi connectivity index (χ0) is 43.5. The fourth-order valence-electron chi connectivity index (χ4n) is 6.88. The van der Waals surface area contributed by atoms with Crippen LogP contribution in [0.5, 0.6) is 0 Å². The molecule has 8 heteroatoms. The molecule has 2 atom stereocenters. The minimum atomic E-state index is -0.883. The fourth-order valence-corrected chi connectivity index (χ4v) is 6.88. The third-order valence-corrected chi connectivity index (χ3v) is 10.6. The highest BCUT2D eigenvalue weighted by Gasteiger charge is 2.31. The lowest BCUT2D eigenvalue weighted by Crippen LogP contribution is -2.50. The van der Waals surface area contributed by atoms with Crippen LogP contribution in [-0.4, -0.2) is 80.6 Å². The number of carboxylic acids is 1. The average Bonchev–Trinajstić information content (AvgIpc) is 3.19. The Morgan fingerprint density at radius 3 is 1.41 bits per heavy atom. The zero-order valence-corrected chi connectivity index (χ0v) is 38.7. The molecular weight excluding hydrogens is 739 g/mol. The molecule has 0 saturated carbocycles. The molecule has 8 nitrogen and oxygen atoms in total. The Morgan fingerprint density at radius 2 is 0.949 bits per heavy atom. The van der Waals surface area contributed by atoms with Crippen LogP contribution in [0.1, 0.15) is 194 Å². The standard InChI is InChI=1S/C51H89NO7/c1-6-8-10-12-14-16-18-20-22-23-24-25-26-28-29-31-33-35-37-39-41-49(53)58-46-47(45-57-44-43-48(51(55)56)52(3,4)5)59-50(54)42-40-38-36-34-32-30-27-21-19-17-15-13-11-9-7-2/h9,11,13,15,17,19,21,27,30,32,47-48H,6-8,10,12,14,16,18,20,22-26,28-29,31,33-46H2,1-5H3/p+1/b11-9+,15-13+,19-17+,27-21+,32-30+. The van der Waals surface area contributed by atoms with Crippen LogP contribution in [0.3, 0.4) is 0 Å². The Bertz CT molecular complexity index is 1150. The number of hydrogen-bond acceptors (Lipinski definition) is 6. The molecule has 0 spiro atoms. The van der Waals surface area contributed by atoms with Crippen LogP contribution in [0, 0.1) is 0 Å². The molecule has 0 aromatic carbocycles. The largest absolute Gasteiger partial charge is 0.477 e. The van der Waals surface area contributed by atoms with Crippen LogP contribution in [0.15, 0.2) is 60.8 Å². The van der Waals surface area contributed by atoms with E-state index in [4.69, 9.17) is 14.2 Å². The number of carbonyl (C=O) groups is 3. The number of esters is 2. The predicted molar refractivity (Wildman–Crippen MR) is 247 cm³/mol. The molecule has 0 rings (SSSR count). The maximum absolute atomic E-state index is 12.7. The van der Waals surface area contributed by atoms with Crippen molar-refractivity contribution < 1.29 is 38.2 Å². The number of nitrogens with zero attached hydrogens (tertiary/aromatic N) is 1. The summed E-state index contributed by atoms with van der Waals surface area (Å²) in [5.74, 6) is -1.52. The maximum Gasteiger partial charge on any atom is 0.362 e. The van der Waals surface area contributed by atoms with E-state index in [1.54, 1.807) is 0 Å². The molecule has 0 radical (unpaired) electrons. The number of quaternary nitrogens is 1. The molecule has 1 N–H and O–H groups in total. The van der Waals surface area contributed by atoms with Gasteiger partial charge in [-0.15, -0.1) is 0 Å². The molecule has 59 heavy (non-hydrogen) atoms. The van der Waals surface area contributed by atoms with Gasteiger partial charge in [0.2, 0.25) is 0 Å². The second kappa shape index (κ2) is 41.8. The van der Waals surface area contributed by atoms with Crippen molar-refractivity contribution >= 4 is 17.9 Å². The number of carboxylic acid groups (broad SMARTS) is 1. The van der Waals surface area contributed by atoms with E-state index >= 15 is 0 Å². The molecule has 0 aromatic heterocycles. The summed E-state index contributed by atoms with van der Waals surface area (Å²) in [7, 11) is 5.51. The number of likely N-dealkylation sites (N-methyl/N-ethyl adjacent to an activating group) is 1.